The molecule has 0 unspecified atom stereocenters. The van der Waals surface area contributed by atoms with Gasteiger partial charge in [-0.25, -0.2) is 4.98 Å². The molecule has 3 N–H and O–H groups in total. The van der Waals surface area contributed by atoms with Crippen molar-refractivity contribution in [3.63, 3.8) is 0 Å². The van der Waals surface area contributed by atoms with Crippen molar-refractivity contribution >= 4 is 34.3 Å². The maximum Gasteiger partial charge on any atom is 0.227 e. The van der Waals surface area contributed by atoms with Crippen LogP contribution in [-0.4, -0.2) is 24.5 Å². The van der Waals surface area contributed by atoms with E-state index in [0.29, 0.717) is 29.5 Å². The van der Waals surface area contributed by atoms with Gasteiger partial charge in [0.2, 0.25) is 5.95 Å². The van der Waals surface area contributed by atoms with E-state index in [-0.39, 0.29) is 0 Å². The molecule has 23 heavy (non-hydrogen) atoms. The van der Waals surface area contributed by atoms with Gasteiger partial charge in [0.15, 0.2) is 17.0 Å². The van der Waals surface area contributed by atoms with Crippen LogP contribution in [-0.2, 0) is 6.54 Å². The number of imidazole rings is 1. The molecular formula is C15H13N7S. The average molecular weight is 323 g/mol. The number of hydrogen-bond donors (Lipinski definition) is 2. The topological polar surface area (TPSA) is 94.5 Å². The van der Waals surface area contributed by atoms with E-state index in [1.165, 1.54) is 0 Å². The lowest BCUT2D eigenvalue weighted by molar-refractivity contribution is 1.03. The van der Waals surface area contributed by atoms with Crippen molar-refractivity contribution in [2.75, 3.05) is 11.1 Å². The molecule has 4 rings (SSSR count). The quantitative estimate of drug-likeness (QED) is 0.599. The van der Waals surface area contributed by atoms with Crippen molar-refractivity contribution in [1.29, 1.82) is 0 Å². The Morgan fingerprint density at radius 2 is 2.22 bits per heavy atom. The number of nitrogens with zero attached hydrogens (tertiary/aromatic N) is 5. The molecule has 0 radical (unpaired) electrons. The third-order valence-electron chi connectivity index (χ3n) is 3.38. The summed E-state index contributed by atoms with van der Waals surface area (Å²) in [5.41, 5.74) is 9.35. The maximum absolute atomic E-state index is 6.02. The van der Waals surface area contributed by atoms with Crippen LogP contribution >= 0.6 is 11.3 Å². The lowest BCUT2D eigenvalue weighted by Crippen LogP contribution is -2.07. The third kappa shape index (κ3) is 2.59. The Bertz CT molecular complexity index is 931. The molecule has 8 heteroatoms. The van der Waals surface area contributed by atoms with Crippen molar-refractivity contribution in [1.82, 2.24) is 24.5 Å². The minimum atomic E-state index is 0.359. The van der Waals surface area contributed by atoms with Crippen LogP contribution < -0.4 is 11.1 Å². The molecule has 4 heterocycles. The van der Waals surface area contributed by atoms with Gasteiger partial charge in [0.05, 0.1) is 5.69 Å². The first-order valence-electron chi connectivity index (χ1n) is 6.97. The lowest BCUT2D eigenvalue weighted by atomic mass is 10.3. The molecule has 4 aromatic heterocycles. The first-order valence-corrected chi connectivity index (χ1v) is 7.91. The number of nitrogens with two attached hydrogens (primary N) is 1. The van der Waals surface area contributed by atoms with E-state index in [1.807, 2.05) is 33.5 Å². The fraction of sp³-hybridized carbons (Fsp3) is 0.0667. The molecule has 0 atom stereocenters. The summed E-state index contributed by atoms with van der Waals surface area (Å²) < 4.78 is 1.90. The largest absolute Gasteiger partial charge is 0.382 e. The number of pyridine rings is 1. The fourth-order valence-electron chi connectivity index (χ4n) is 2.27. The number of aromatic nitrogens is 5. The van der Waals surface area contributed by atoms with Gasteiger partial charge in [0.1, 0.15) is 6.33 Å². The monoisotopic (exact) mass is 323 g/mol. The summed E-state index contributed by atoms with van der Waals surface area (Å²) in [5.74, 6) is 0.827. The Labute approximate surface area is 135 Å². The molecule has 0 amide bonds. The number of thiophene rings is 1. The maximum atomic E-state index is 6.02. The summed E-state index contributed by atoms with van der Waals surface area (Å²) >= 11 is 1.62. The third-order valence-corrected chi connectivity index (χ3v) is 4.05. The standard InChI is InChI=1S/C15H13N7S/c16-13-12-14(22(9-19-12)11-3-5-23-8-11)21-15(20-13)18-7-10-2-1-4-17-6-10/h1-6,8-9H,7H2,(H3,16,18,20,21). The predicted molar refractivity (Wildman–Crippen MR) is 90.5 cm³/mol. The van der Waals surface area contributed by atoms with E-state index < -0.39 is 0 Å². The van der Waals surface area contributed by atoms with E-state index >= 15 is 0 Å². The second-order valence-electron chi connectivity index (χ2n) is 4.92. The van der Waals surface area contributed by atoms with E-state index in [0.717, 1.165) is 11.3 Å². The van der Waals surface area contributed by atoms with Crippen LogP contribution in [0, 0.1) is 0 Å². The first kappa shape index (κ1) is 13.6. The highest BCUT2D eigenvalue weighted by atomic mass is 32.1. The molecule has 0 saturated heterocycles. The number of nitrogens with one attached hydrogen (secondary N) is 1. The minimum Gasteiger partial charge on any atom is -0.382 e. The highest BCUT2D eigenvalue weighted by Gasteiger charge is 2.12. The number of anilines is 2. The second kappa shape index (κ2) is 5.65. The van der Waals surface area contributed by atoms with Gasteiger partial charge in [-0.15, -0.1) is 0 Å². The molecule has 0 aliphatic rings. The molecule has 0 fully saturated rings. The highest BCUT2D eigenvalue weighted by molar-refractivity contribution is 7.08. The summed E-state index contributed by atoms with van der Waals surface area (Å²) in [5, 5.41) is 7.21. The molecular weight excluding hydrogens is 310 g/mol. The lowest BCUT2D eigenvalue weighted by Gasteiger charge is -2.07. The molecule has 114 valence electrons. The van der Waals surface area contributed by atoms with Crippen molar-refractivity contribution in [2.24, 2.45) is 0 Å². The summed E-state index contributed by atoms with van der Waals surface area (Å²) in [4.78, 5) is 17.2. The van der Waals surface area contributed by atoms with Crippen LogP contribution in [0.4, 0.5) is 11.8 Å². The Hall–Kier alpha value is -3.00. The van der Waals surface area contributed by atoms with Crippen LogP contribution in [0.25, 0.3) is 16.9 Å². The van der Waals surface area contributed by atoms with Gasteiger partial charge >= 0.3 is 0 Å². The van der Waals surface area contributed by atoms with Gasteiger partial charge in [-0.3, -0.25) is 9.55 Å². The van der Waals surface area contributed by atoms with Crippen LogP contribution in [0.5, 0.6) is 0 Å². The smallest absolute Gasteiger partial charge is 0.227 e. The number of nitrogen functional groups attached to an aromatic ring is 1. The van der Waals surface area contributed by atoms with Gasteiger partial charge in [-0.05, 0) is 23.1 Å². The average Bonchev–Trinajstić information content (AvgIpc) is 3.23. The number of rotatable bonds is 4. The van der Waals surface area contributed by atoms with E-state index in [1.54, 1.807) is 30.1 Å². The Morgan fingerprint density at radius 3 is 3.00 bits per heavy atom. The van der Waals surface area contributed by atoms with Crippen molar-refractivity contribution in [3.8, 4) is 5.69 Å². The van der Waals surface area contributed by atoms with Gasteiger partial charge < -0.3 is 11.1 Å². The zero-order valence-electron chi connectivity index (χ0n) is 12.0. The molecule has 7 nitrogen and oxygen atoms in total. The van der Waals surface area contributed by atoms with Gasteiger partial charge in [-0.1, -0.05) is 6.07 Å². The number of hydrogen-bond acceptors (Lipinski definition) is 7. The molecule has 0 bridgehead atoms. The van der Waals surface area contributed by atoms with Gasteiger partial charge in [-0.2, -0.15) is 21.3 Å². The molecule has 4 aromatic rings. The Morgan fingerprint density at radius 1 is 1.26 bits per heavy atom. The van der Waals surface area contributed by atoms with Crippen molar-refractivity contribution in [2.45, 2.75) is 6.54 Å². The zero-order valence-corrected chi connectivity index (χ0v) is 12.9. The van der Waals surface area contributed by atoms with Crippen LogP contribution in [0.3, 0.4) is 0 Å². The summed E-state index contributed by atoms with van der Waals surface area (Å²) in [7, 11) is 0. The van der Waals surface area contributed by atoms with Crippen molar-refractivity contribution in [3.05, 3.63) is 53.2 Å². The molecule has 0 aliphatic heterocycles. The van der Waals surface area contributed by atoms with Crippen LogP contribution in [0.15, 0.2) is 47.7 Å². The molecule has 0 saturated carbocycles. The minimum absolute atomic E-state index is 0.359. The summed E-state index contributed by atoms with van der Waals surface area (Å²) in [6.07, 6.45) is 5.25. The van der Waals surface area contributed by atoms with Crippen molar-refractivity contribution < 1.29 is 0 Å². The second-order valence-corrected chi connectivity index (χ2v) is 5.70. The van der Waals surface area contributed by atoms with E-state index in [2.05, 4.69) is 25.3 Å². The van der Waals surface area contributed by atoms with Gasteiger partial charge in [0.25, 0.3) is 0 Å². The van der Waals surface area contributed by atoms with E-state index in [9.17, 15) is 0 Å². The molecule has 0 aromatic carbocycles. The number of fused-ring (bicyclic) bond motifs is 1. The van der Waals surface area contributed by atoms with Gasteiger partial charge in [0, 0.05) is 24.3 Å². The van der Waals surface area contributed by atoms with Crippen LogP contribution in [0.1, 0.15) is 5.56 Å². The zero-order chi connectivity index (χ0) is 15.6. The van der Waals surface area contributed by atoms with Crippen LogP contribution in [0.2, 0.25) is 0 Å². The molecule has 0 spiro atoms. The van der Waals surface area contributed by atoms with E-state index in [4.69, 9.17) is 5.73 Å². The summed E-state index contributed by atoms with van der Waals surface area (Å²) in [6.45, 7) is 0.575. The Balaban J connectivity index is 1.69. The predicted octanol–water partition coefficient (Wildman–Crippen LogP) is 2.47. The fourth-order valence-corrected chi connectivity index (χ4v) is 2.90. The SMILES string of the molecule is Nc1nc(NCc2cccnc2)nc2c1ncn2-c1ccsc1. The Kier molecular flexibility index (Phi) is 3.35. The first-order chi connectivity index (χ1) is 11.3. The summed E-state index contributed by atoms with van der Waals surface area (Å²) in [6, 6.07) is 5.88. The highest BCUT2D eigenvalue weighted by Crippen LogP contribution is 2.22. The normalized spacial score (nSPS) is 11.0. The molecule has 0 aliphatic carbocycles.